The fourth-order valence-corrected chi connectivity index (χ4v) is 3.93. The van der Waals surface area contributed by atoms with Crippen LogP contribution in [0.15, 0.2) is 29.2 Å². The van der Waals surface area contributed by atoms with E-state index in [1.165, 1.54) is 47.5 Å². The molecule has 1 fully saturated rings. The number of rotatable bonds is 3. The SMILES string of the molecule is COC(=O)N1CCCN(S(=O)(=O)c2ccc(C(C)=O)cc2)CC1. The molecule has 0 bridgehead atoms. The van der Waals surface area contributed by atoms with Crippen LogP contribution in [0.1, 0.15) is 23.7 Å². The zero-order valence-corrected chi connectivity index (χ0v) is 14.0. The summed E-state index contributed by atoms with van der Waals surface area (Å²) < 4.78 is 31.4. The van der Waals surface area contributed by atoms with E-state index in [1.54, 1.807) is 0 Å². The van der Waals surface area contributed by atoms with Crippen molar-refractivity contribution in [3.05, 3.63) is 29.8 Å². The third-order valence-corrected chi connectivity index (χ3v) is 5.70. The van der Waals surface area contributed by atoms with Gasteiger partial charge >= 0.3 is 6.09 Å². The molecular formula is C15H20N2O5S. The van der Waals surface area contributed by atoms with Crippen molar-refractivity contribution in [3.63, 3.8) is 0 Å². The van der Waals surface area contributed by atoms with E-state index in [4.69, 9.17) is 0 Å². The van der Waals surface area contributed by atoms with Gasteiger partial charge in [-0.15, -0.1) is 0 Å². The molecule has 0 spiro atoms. The molecule has 1 saturated heterocycles. The van der Waals surface area contributed by atoms with Crippen molar-refractivity contribution in [2.75, 3.05) is 33.3 Å². The van der Waals surface area contributed by atoms with Crippen molar-refractivity contribution in [2.45, 2.75) is 18.2 Å². The van der Waals surface area contributed by atoms with Crippen molar-refractivity contribution in [2.24, 2.45) is 0 Å². The topological polar surface area (TPSA) is 84.0 Å². The van der Waals surface area contributed by atoms with Gasteiger partial charge in [0.1, 0.15) is 0 Å². The standard InChI is InChI=1S/C15H20N2O5S/c1-12(18)13-4-6-14(7-5-13)23(20,21)17-9-3-8-16(10-11-17)15(19)22-2/h4-7H,3,8-11H2,1-2H3. The summed E-state index contributed by atoms with van der Waals surface area (Å²) in [5.41, 5.74) is 0.469. The Kier molecular flexibility index (Phi) is 5.38. The summed E-state index contributed by atoms with van der Waals surface area (Å²) in [5, 5.41) is 0. The second-order valence-electron chi connectivity index (χ2n) is 5.30. The van der Waals surface area contributed by atoms with Crippen LogP contribution in [0, 0.1) is 0 Å². The second-order valence-corrected chi connectivity index (χ2v) is 7.23. The number of sulfonamides is 1. The molecule has 0 atom stereocenters. The van der Waals surface area contributed by atoms with Crippen molar-refractivity contribution in [3.8, 4) is 0 Å². The Hall–Kier alpha value is -1.93. The number of carbonyl (C=O) groups is 2. The smallest absolute Gasteiger partial charge is 0.409 e. The highest BCUT2D eigenvalue weighted by Crippen LogP contribution is 2.19. The highest BCUT2D eigenvalue weighted by Gasteiger charge is 2.28. The fourth-order valence-electron chi connectivity index (χ4n) is 2.46. The van der Waals surface area contributed by atoms with Gasteiger partial charge in [0.2, 0.25) is 10.0 Å². The van der Waals surface area contributed by atoms with E-state index in [-0.39, 0.29) is 23.8 Å². The first-order valence-electron chi connectivity index (χ1n) is 7.30. The van der Waals surface area contributed by atoms with Gasteiger partial charge in [0.15, 0.2) is 5.78 Å². The maximum atomic E-state index is 12.7. The lowest BCUT2D eigenvalue weighted by atomic mass is 10.2. The minimum Gasteiger partial charge on any atom is -0.453 e. The molecule has 126 valence electrons. The molecule has 1 heterocycles. The predicted molar refractivity (Wildman–Crippen MR) is 83.8 cm³/mol. The maximum absolute atomic E-state index is 12.7. The lowest BCUT2D eigenvalue weighted by Crippen LogP contribution is -2.37. The molecule has 0 aromatic heterocycles. The van der Waals surface area contributed by atoms with Gasteiger partial charge in [0, 0.05) is 31.7 Å². The third-order valence-electron chi connectivity index (χ3n) is 3.79. The van der Waals surface area contributed by atoms with Crippen LogP contribution >= 0.6 is 0 Å². The van der Waals surface area contributed by atoms with Gasteiger partial charge in [0.05, 0.1) is 12.0 Å². The van der Waals surface area contributed by atoms with Gasteiger partial charge in [-0.1, -0.05) is 12.1 Å². The van der Waals surface area contributed by atoms with Gasteiger partial charge in [-0.2, -0.15) is 4.31 Å². The lowest BCUT2D eigenvalue weighted by Gasteiger charge is -2.21. The molecule has 1 aromatic rings. The number of hydrogen-bond acceptors (Lipinski definition) is 5. The predicted octanol–water partition coefficient (Wildman–Crippen LogP) is 1.35. The van der Waals surface area contributed by atoms with Crippen LogP contribution in [-0.2, 0) is 14.8 Å². The second kappa shape index (κ2) is 7.10. The van der Waals surface area contributed by atoms with E-state index in [0.717, 1.165) is 0 Å². The number of benzene rings is 1. The van der Waals surface area contributed by atoms with Gasteiger partial charge in [-0.3, -0.25) is 4.79 Å². The molecule has 23 heavy (non-hydrogen) atoms. The van der Waals surface area contributed by atoms with E-state index in [2.05, 4.69) is 4.74 Å². The molecule has 0 N–H and O–H groups in total. The number of ketones is 1. The van der Waals surface area contributed by atoms with Gasteiger partial charge in [0.25, 0.3) is 0 Å². The number of amides is 1. The summed E-state index contributed by atoms with van der Waals surface area (Å²) in [4.78, 5) is 24.5. The quantitative estimate of drug-likeness (QED) is 0.776. The molecule has 2 rings (SSSR count). The van der Waals surface area contributed by atoms with E-state index in [9.17, 15) is 18.0 Å². The minimum atomic E-state index is -3.64. The van der Waals surface area contributed by atoms with Crippen molar-refractivity contribution < 1.29 is 22.7 Å². The molecule has 8 heteroatoms. The molecule has 0 aliphatic carbocycles. The Labute approximate surface area is 135 Å². The highest BCUT2D eigenvalue weighted by atomic mass is 32.2. The van der Waals surface area contributed by atoms with Crippen molar-refractivity contribution >= 4 is 21.9 Å². The maximum Gasteiger partial charge on any atom is 0.409 e. The molecular weight excluding hydrogens is 320 g/mol. The first-order valence-corrected chi connectivity index (χ1v) is 8.74. The normalized spacial score (nSPS) is 16.7. The number of Topliss-reactive ketones (excluding diaryl/α,β-unsaturated/α-hetero) is 1. The van der Waals surface area contributed by atoms with Crippen molar-refractivity contribution in [1.82, 2.24) is 9.21 Å². The Morgan fingerprint density at radius 1 is 1.04 bits per heavy atom. The summed E-state index contributed by atoms with van der Waals surface area (Å²) in [6, 6.07) is 5.89. The fraction of sp³-hybridized carbons (Fsp3) is 0.467. The number of methoxy groups -OCH3 is 1. The van der Waals surface area contributed by atoms with E-state index in [1.807, 2.05) is 0 Å². The number of carbonyl (C=O) groups excluding carboxylic acids is 2. The van der Waals surface area contributed by atoms with E-state index in [0.29, 0.717) is 25.1 Å². The number of ether oxygens (including phenoxy) is 1. The average molecular weight is 340 g/mol. The van der Waals surface area contributed by atoms with Crippen molar-refractivity contribution in [1.29, 1.82) is 0 Å². The molecule has 1 aromatic carbocycles. The third kappa shape index (κ3) is 3.89. The first-order chi connectivity index (χ1) is 10.9. The highest BCUT2D eigenvalue weighted by molar-refractivity contribution is 7.89. The Morgan fingerprint density at radius 2 is 1.70 bits per heavy atom. The van der Waals surface area contributed by atoms with Crippen LogP contribution in [0.5, 0.6) is 0 Å². The zero-order chi connectivity index (χ0) is 17.0. The lowest BCUT2D eigenvalue weighted by molar-refractivity contribution is 0.101. The monoisotopic (exact) mass is 340 g/mol. The zero-order valence-electron chi connectivity index (χ0n) is 13.2. The van der Waals surface area contributed by atoms with Crippen LogP contribution in [0.2, 0.25) is 0 Å². The van der Waals surface area contributed by atoms with Gasteiger partial charge < -0.3 is 9.64 Å². The Balaban J connectivity index is 2.16. The van der Waals surface area contributed by atoms with E-state index < -0.39 is 16.1 Å². The van der Waals surface area contributed by atoms with Gasteiger partial charge in [-0.25, -0.2) is 13.2 Å². The summed E-state index contributed by atoms with van der Waals surface area (Å²) >= 11 is 0. The number of hydrogen-bond donors (Lipinski definition) is 0. The summed E-state index contributed by atoms with van der Waals surface area (Å²) in [5.74, 6) is -0.113. The van der Waals surface area contributed by atoms with Crippen LogP contribution in [-0.4, -0.2) is 62.8 Å². The minimum absolute atomic E-state index is 0.113. The molecule has 1 aliphatic heterocycles. The van der Waals surface area contributed by atoms with Crippen LogP contribution in [0.4, 0.5) is 4.79 Å². The number of nitrogens with zero attached hydrogens (tertiary/aromatic N) is 2. The Morgan fingerprint density at radius 3 is 2.26 bits per heavy atom. The molecule has 0 radical (unpaired) electrons. The van der Waals surface area contributed by atoms with Gasteiger partial charge in [-0.05, 0) is 25.5 Å². The average Bonchev–Trinajstić information content (AvgIpc) is 2.80. The largest absolute Gasteiger partial charge is 0.453 e. The Bertz CT molecular complexity index is 684. The summed E-state index contributed by atoms with van der Waals surface area (Å²) in [6.45, 7) is 2.73. The first kappa shape index (κ1) is 17.4. The molecule has 0 unspecified atom stereocenters. The van der Waals surface area contributed by atoms with Crippen LogP contribution < -0.4 is 0 Å². The molecule has 7 nitrogen and oxygen atoms in total. The summed E-state index contributed by atoms with van der Waals surface area (Å²) in [7, 11) is -2.34. The van der Waals surface area contributed by atoms with E-state index >= 15 is 0 Å². The molecule has 0 saturated carbocycles. The molecule has 1 aliphatic rings. The van der Waals surface area contributed by atoms with Crippen LogP contribution in [0.3, 0.4) is 0 Å². The summed E-state index contributed by atoms with van der Waals surface area (Å²) in [6.07, 6.45) is 0.0925. The molecule has 1 amide bonds. The van der Waals surface area contributed by atoms with Crippen LogP contribution in [0.25, 0.3) is 0 Å².